The summed E-state index contributed by atoms with van der Waals surface area (Å²) >= 11 is 8.17. The molecular weight excluding hydrogens is 484 g/mol. The Balaban J connectivity index is 1.43. The molecule has 0 unspecified atom stereocenters. The lowest BCUT2D eigenvalue weighted by molar-refractivity contribution is -0.0201. The molecule has 0 saturated carbocycles. The molecule has 0 radical (unpaired) electrons. The number of aliphatic hydroxyl groups excluding tert-OH is 2. The van der Waals surface area contributed by atoms with E-state index in [0.717, 1.165) is 66.9 Å². The predicted molar refractivity (Wildman–Crippen MR) is 140 cm³/mol. The minimum Gasteiger partial charge on any atom is -0.497 e. The molecule has 2 atom stereocenters. The minimum atomic E-state index is -0.758. The Morgan fingerprint density at radius 3 is 2.71 bits per heavy atom. The number of fused-ring (bicyclic) bond motifs is 1. The van der Waals surface area contributed by atoms with Gasteiger partial charge in [-0.15, -0.1) is 11.8 Å². The van der Waals surface area contributed by atoms with Crippen LogP contribution < -0.4 is 10.1 Å². The average molecular weight is 517 g/mol. The SMILES string of the molecule is COc1ccc2ncc(Cl)c([C@H](O)CCC3([C@@H](O)CCCSc4cnccn4)CCNCC3)c2c1. The zero-order chi connectivity index (χ0) is 24.7. The normalized spacial score (nSPS) is 17.3. The van der Waals surface area contributed by atoms with Crippen molar-refractivity contribution < 1.29 is 14.9 Å². The van der Waals surface area contributed by atoms with Crippen molar-refractivity contribution in [2.45, 2.75) is 55.8 Å². The number of methoxy groups -OCH3 is 1. The summed E-state index contributed by atoms with van der Waals surface area (Å²) in [6, 6.07) is 5.59. The molecule has 0 amide bonds. The maximum atomic E-state index is 11.3. The Labute approximate surface area is 215 Å². The molecule has 4 rings (SSSR count). The van der Waals surface area contributed by atoms with Gasteiger partial charge in [0.05, 0.1) is 36.1 Å². The van der Waals surface area contributed by atoms with Gasteiger partial charge in [0.2, 0.25) is 0 Å². The molecular formula is C26H33ClN4O3S. The first-order chi connectivity index (χ1) is 17.0. The average Bonchev–Trinajstić information content (AvgIpc) is 2.90. The van der Waals surface area contributed by atoms with E-state index in [1.807, 2.05) is 18.2 Å². The zero-order valence-corrected chi connectivity index (χ0v) is 21.6. The van der Waals surface area contributed by atoms with E-state index in [0.29, 0.717) is 22.8 Å². The van der Waals surface area contributed by atoms with Gasteiger partial charge in [-0.1, -0.05) is 11.6 Å². The maximum Gasteiger partial charge on any atom is 0.119 e. The standard InChI is InChI=1S/C26H33ClN4O3S/c1-34-18-4-5-21-19(15-18)25(20(27)16-31-21)22(32)6-7-26(8-10-28-11-9-26)23(33)3-2-14-35-24-17-29-12-13-30-24/h4-5,12-13,15-17,22-23,28,32-33H,2-3,6-11,14H2,1H3/t22-,23+/m1/s1. The van der Waals surface area contributed by atoms with E-state index in [-0.39, 0.29) is 5.41 Å². The van der Waals surface area contributed by atoms with E-state index in [1.165, 1.54) is 0 Å². The van der Waals surface area contributed by atoms with Crippen LogP contribution in [0.2, 0.25) is 5.02 Å². The molecule has 1 aliphatic heterocycles. The number of ether oxygens (including phenoxy) is 1. The number of pyridine rings is 1. The first kappa shape index (κ1) is 26.1. The summed E-state index contributed by atoms with van der Waals surface area (Å²) in [5.74, 6) is 1.58. The molecule has 0 spiro atoms. The second-order valence-corrected chi connectivity index (χ2v) is 10.6. The molecule has 0 aliphatic carbocycles. The van der Waals surface area contributed by atoms with Crippen LogP contribution in [0.5, 0.6) is 5.75 Å². The number of piperidine rings is 1. The Morgan fingerprint density at radius 2 is 1.97 bits per heavy atom. The van der Waals surface area contributed by atoms with Gasteiger partial charge in [0.1, 0.15) is 10.8 Å². The highest BCUT2D eigenvalue weighted by Gasteiger charge is 2.39. The van der Waals surface area contributed by atoms with Crippen LogP contribution in [0.3, 0.4) is 0 Å². The van der Waals surface area contributed by atoms with E-state index in [2.05, 4.69) is 20.3 Å². The first-order valence-electron chi connectivity index (χ1n) is 12.1. The van der Waals surface area contributed by atoms with Gasteiger partial charge in [-0.25, -0.2) is 4.98 Å². The lowest BCUT2D eigenvalue weighted by Gasteiger charge is -2.42. The lowest BCUT2D eigenvalue weighted by Crippen LogP contribution is -2.44. The molecule has 1 aliphatic rings. The number of thioether (sulfide) groups is 1. The Hall–Kier alpha value is -1.97. The fraction of sp³-hybridized carbons (Fsp3) is 0.500. The van der Waals surface area contributed by atoms with Crippen LogP contribution in [0.25, 0.3) is 10.9 Å². The largest absolute Gasteiger partial charge is 0.497 e. The smallest absolute Gasteiger partial charge is 0.119 e. The number of hydrogen-bond donors (Lipinski definition) is 3. The highest BCUT2D eigenvalue weighted by atomic mass is 35.5. The number of aromatic nitrogens is 3. The fourth-order valence-corrected chi connectivity index (χ4v) is 6.06. The number of halogens is 1. The topological polar surface area (TPSA) is 100 Å². The zero-order valence-electron chi connectivity index (χ0n) is 20.0. The van der Waals surface area contributed by atoms with Gasteiger partial charge in [-0.05, 0) is 81.0 Å². The lowest BCUT2D eigenvalue weighted by atomic mass is 9.69. The van der Waals surface area contributed by atoms with E-state index < -0.39 is 12.2 Å². The first-order valence-corrected chi connectivity index (χ1v) is 13.5. The van der Waals surface area contributed by atoms with E-state index >= 15 is 0 Å². The van der Waals surface area contributed by atoms with E-state index in [4.69, 9.17) is 16.3 Å². The number of aliphatic hydroxyl groups is 2. The molecule has 7 nitrogen and oxygen atoms in total. The molecule has 1 fully saturated rings. The van der Waals surface area contributed by atoms with Crippen molar-refractivity contribution in [2.24, 2.45) is 5.41 Å². The van der Waals surface area contributed by atoms with Crippen LogP contribution in [0.15, 0.2) is 48.0 Å². The molecule has 1 aromatic carbocycles. The van der Waals surface area contributed by atoms with Gasteiger partial charge in [0.15, 0.2) is 0 Å². The third-order valence-electron chi connectivity index (χ3n) is 7.03. The Morgan fingerprint density at radius 1 is 1.14 bits per heavy atom. The van der Waals surface area contributed by atoms with Gasteiger partial charge in [-0.2, -0.15) is 0 Å². The number of rotatable bonds is 11. The fourth-order valence-electron chi connectivity index (χ4n) is 5.00. The van der Waals surface area contributed by atoms with E-state index in [1.54, 1.807) is 43.7 Å². The van der Waals surface area contributed by atoms with Crippen molar-refractivity contribution in [1.29, 1.82) is 0 Å². The van der Waals surface area contributed by atoms with Crippen molar-refractivity contribution in [3.05, 3.63) is 53.6 Å². The monoisotopic (exact) mass is 516 g/mol. The van der Waals surface area contributed by atoms with E-state index in [9.17, 15) is 10.2 Å². The Kier molecular flexibility index (Phi) is 9.19. The van der Waals surface area contributed by atoms with Gasteiger partial charge in [-0.3, -0.25) is 9.97 Å². The molecule has 3 heterocycles. The molecule has 3 N–H and O–H groups in total. The number of hydrogen-bond acceptors (Lipinski definition) is 8. The summed E-state index contributed by atoms with van der Waals surface area (Å²) in [6.07, 6.45) is 10.2. The predicted octanol–water partition coefficient (Wildman–Crippen LogP) is 4.80. The third kappa shape index (κ3) is 6.43. The Bertz CT molecular complexity index is 1100. The molecule has 2 aromatic heterocycles. The van der Waals surface area contributed by atoms with Crippen molar-refractivity contribution >= 4 is 34.3 Å². The van der Waals surface area contributed by atoms with Gasteiger partial charge < -0.3 is 20.3 Å². The highest BCUT2D eigenvalue weighted by Crippen LogP contribution is 2.43. The molecule has 35 heavy (non-hydrogen) atoms. The molecule has 3 aromatic rings. The second kappa shape index (κ2) is 12.3. The van der Waals surface area contributed by atoms with Crippen molar-refractivity contribution in [3.63, 3.8) is 0 Å². The summed E-state index contributed by atoms with van der Waals surface area (Å²) in [7, 11) is 1.61. The van der Waals surface area contributed by atoms with Crippen LogP contribution in [-0.4, -0.2) is 57.2 Å². The van der Waals surface area contributed by atoms with Crippen LogP contribution in [0.1, 0.15) is 50.2 Å². The van der Waals surface area contributed by atoms with Crippen molar-refractivity contribution in [3.8, 4) is 5.75 Å². The minimum absolute atomic E-state index is 0.226. The van der Waals surface area contributed by atoms with Crippen molar-refractivity contribution in [2.75, 3.05) is 26.0 Å². The van der Waals surface area contributed by atoms with Gasteiger partial charge in [0.25, 0.3) is 0 Å². The molecule has 0 bridgehead atoms. The summed E-state index contributed by atoms with van der Waals surface area (Å²) in [5.41, 5.74) is 1.21. The van der Waals surface area contributed by atoms with Gasteiger partial charge >= 0.3 is 0 Å². The van der Waals surface area contributed by atoms with Crippen LogP contribution in [-0.2, 0) is 0 Å². The number of nitrogens with zero attached hydrogens (tertiary/aromatic N) is 3. The van der Waals surface area contributed by atoms with Gasteiger partial charge in [0, 0.05) is 29.5 Å². The molecule has 188 valence electrons. The van der Waals surface area contributed by atoms with Crippen LogP contribution in [0, 0.1) is 5.41 Å². The van der Waals surface area contributed by atoms with Crippen LogP contribution >= 0.6 is 23.4 Å². The number of benzene rings is 1. The third-order valence-corrected chi connectivity index (χ3v) is 8.34. The summed E-state index contributed by atoms with van der Waals surface area (Å²) < 4.78 is 5.37. The molecule has 9 heteroatoms. The maximum absolute atomic E-state index is 11.3. The quantitative estimate of drug-likeness (QED) is 0.247. The summed E-state index contributed by atoms with van der Waals surface area (Å²) in [5, 5.41) is 28.1. The van der Waals surface area contributed by atoms with Crippen molar-refractivity contribution in [1.82, 2.24) is 20.3 Å². The molecule has 1 saturated heterocycles. The second-order valence-electron chi connectivity index (χ2n) is 9.12. The number of nitrogens with one attached hydrogen (secondary N) is 1. The highest BCUT2D eigenvalue weighted by molar-refractivity contribution is 7.99. The summed E-state index contributed by atoms with van der Waals surface area (Å²) in [4.78, 5) is 12.8. The summed E-state index contributed by atoms with van der Waals surface area (Å²) in [6.45, 7) is 1.75. The van der Waals surface area contributed by atoms with Crippen LogP contribution in [0.4, 0.5) is 0 Å².